The molecule has 0 bridgehead atoms. The van der Waals surface area contributed by atoms with Crippen LogP contribution in [0.25, 0.3) is 0 Å². The predicted octanol–water partition coefficient (Wildman–Crippen LogP) is -0.725. The van der Waals surface area contributed by atoms with Gasteiger partial charge in [0.25, 0.3) is 0 Å². The Hall–Kier alpha value is 0.537. The molecule has 12 heavy (non-hydrogen) atoms. The van der Waals surface area contributed by atoms with Crippen LogP contribution in [0.5, 0.6) is 0 Å². The van der Waals surface area contributed by atoms with E-state index in [1.165, 1.54) is 0 Å². The van der Waals surface area contributed by atoms with E-state index in [4.69, 9.17) is 10.2 Å². The molecule has 0 saturated carbocycles. The summed E-state index contributed by atoms with van der Waals surface area (Å²) in [6.45, 7) is 1.75. The maximum atomic E-state index is 10.2. The van der Waals surface area contributed by atoms with Gasteiger partial charge in [-0.15, -0.1) is 0 Å². The van der Waals surface area contributed by atoms with Crippen LogP contribution in [-0.2, 0) is 9.59 Å². The molecule has 0 spiro atoms. The van der Waals surface area contributed by atoms with Gasteiger partial charge < -0.3 is 10.2 Å². The van der Waals surface area contributed by atoms with Crippen LogP contribution in [0.1, 0.15) is 19.8 Å². The summed E-state index contributed by atoms with van der Waals surface area (Å²) >= 11 is 0. The van der Waals surface area contributed by atoms with Crippen molar-refractivity contribution in [3.63, 3.8) is 0 Å². The van der Waals surface area contributed by atoms with Crippen LogP contribution in [0, 0.1) is 5.92 Å². The van der Waals surface area contributed by atoms with E-state index in [2.05, 4.69) is 0 Å². The fourth-order valence-electron chi connectivity index (χ4n) is 0.641. The average Bonchev–Trinajstić information content (AvgIpc) is 1.81. The van der Waals surface area contributed by atoms with Gasteiger partial charge in [-0.2, -0.15) is 0 Å². The van der Waals surface area contributed by atoms with Crippen LogP contribution in [0.4, 0.5) is 0 Å². The second-order valence-electron chi connectivity index (χ2n) is 2.02. The molecule has 62 valence electrons. The molecule has 0 aromatic rings. The SMILES string of the molecule is CCCC(C(=O)O)C(=O)O.[LiH].[NaH]. The number of rotatable bonds is 4. The Balaban J connectivity index is -0.000000405. The minimum absolute atomic E-state index is 0. The topological polar surface area (TPSA) is 74.6 Å². The second-order valence-corrected chi connectivity index (χ2v) is 2.02. The van der Waals surface area contributed by atoms with Crippen molar-refractivity contribution in [2.45, 2.75) is 19.8 Å². The van der Waals surface area contributed by atoms with Crippen molar-refractivity contribution in [2.24, 2.45) is 5.92 Å². The molecule has 0 saturated heterocycles. The summed E-state index contributed by atoms with van der Waals surface area (Å²) in [5.74, 6) is -3.74. The quantitative estimate of drug-likeness (QED) is 0.439. The molecule has 4 nitrogen and oxygen atoms in total. The Morgan fingerprint density at radius 1 is 1.25 bits per heavy atom. The Morgan fingerprint density at radius 2 is 1.58 bits per heavy atom. The summed E-state index contributed by atoms with van der Waals surface area (Å²) in [6.07, 6.45) is 0.772. The number of carboxylic acids is 2. The maximum absolute atomic E-state index is 10.2. The van der Waals surface area contributed by atoms with Gasteiger partial charge >= 0.3 is 60.4 Å². The first-order valence-electron chi connectivity index (χ1n) is 3.05. The molecule has 0 aliphatic rings. The first kappa shape index (κ1) is 18.3. The zero-order valence-electron chi connectivity index (χ0n) is 5.70. The normalized spacial score (nSPS) is 8.17. The monoisotopic (exact) mass is 178 g/mol. The molecule has 0 unspecified atom stereocenters. The summed E-state index contributed by atoms with van der Waals surface area (Å²) in [4.78, 5) is 20.3. The zero-order chi connectivity index (χ0) is 8.15. The first-order chi connectivity index (χ1) is 4.59. The standard InChI is InChI=1S/C6H10O4.Li.Na.2H/c1-2-3-4(5(7)8)6(9)10;;;;/h4H,2-3H2,1H3,(H,7,8)(H,9,10);;;;. The van der Waals surface area contributed by atoms with Gasteiger partial charge in [0.15, 0.2) is 5.92 Å². The molecule has 0 fully saturated rings. The van der Waals surface area contributed by atoms with Crippen LogP contribution in [-0.4, -0.2) is 70.6 Å². The zero-order valence-corrected chi connectivity index (χ0v) is 5.70. The molecule has 2 N–H and O–H groups in total. The van der Waals surface area contributed by atoms with Gasteiger partial charge in [-0.1, -0.05) is 13.3 Å². The van der Waals surface area contributed by atoms with Gasteiger partial charge in [-0.25, -0.2) is 0 Å². The third kappa shape index (κ3) is 7.20. The van der Waals surface area contributed by atoms with E-state index in [-0.39, 0.29) is 54.8 Å². The molecule has 0 rings (SSSR count). The number of carbonyl (C=O) groups is 2. The van der Waals surface area contributed by atoms with E-state index in [9.17, 15) is 9.59 Å². The fourth-order valence-corrected chi connectivity index (χ4v) is 0.641. The minimum atomic E-state index is -1.26. The van der Waals surface area contributed by atoms with Crippen molar-refractivity contribution in [2.75, 3.05) is 0 Å². The van der Waals surface area contributed by atoms with Gasteiger partial charge in [0.05, 0.1) is 0 Å². The molecular formula is C6H12LiNaO4. The number of aliphatic carboxylic acids is 2. The second kappa shape index (κ2) is 9.62. The molecule has 0 amide bonds. The first-order valence-corrected chi connectivity index (χ1v) is 3.05. The van der Waals surface area contributed by atoms with E-state index in [0.29, 0.717) is 6.42 Å². The summed E-state index contributed by atoms with van der Waals surface area (Å²) in [6, 6.07) is 0. The Kier molecular flexibility index (Phi) is 14.7. The van der Waals surface area contributed by atoms with E-state index in [1.54, 1.807) is 6.92 Å². The van der Waals surface area contributed by atoms with Gasteiger partial charge in [-0.05, 0) is 6.42 Å². The summed E-state index contributed by atoms with van der Waals surface area (Å²) in [5.41, 5.74) is 0. The summed E-state index contributed by atoms with van der Waals surface area (Å²) < 4.78 is 0. The Morgan fingerprint density at radius 3 is 1.67 bits per heavy atom. The van der Waals surface area contributed by atoms with Crippen LogP contribution < -0.4 is 0 Å². The van der Waals surface area contributed by atoms with Crippen LogP contribution in [0.15, 0.2) is 0 Å². The van der Waals surface area contributed by atoms with Gasteiger partial charge in [-0.3, -0.25) is 9.59 Å². The molecule has 0 aliphatic carbocycles. The summed E-state index contributed by atoms with van der Waals surface area (Å²) in [7, 11) is 0. The van der Waals surface area contributed by atoms with Gasteiger partial charge in [0.2, 0.25) is 0 Å². The molecule has 0 atom stereocenters. The molecule has 0 aromatic carbocycles. The van der Waals surface area contributed by atoms with Crippen molar-refractivity contribution < 1.29 is 19.8 Å². The number of carboxylic acid groups (broad SMARTS) is 2. The molecule has 0 radical (unpaired) electrons. The van der Waals surface area contributed by atoms with Crippen molar-refractivity contribution in [3.05, 3.63) is 0 Å². The third-order valence-electron chi connectivity index (χ3n) is 1.17. The van der Waals surface area contributed by atoms with E-state index in [1.807, 2.05) is 0 Å². The van der Waals surface area contributed by atoms with Crippen molar-refractivity contribution >= 4 is 60.4 Å². The molecular weight excluding hydrogens is 166 g/mol. The van der Waals surface area contributed by atoms with Crippen LogP contribution in [0.2, 0.25) is 0 Å². The summed E-state index contributed by atoms with van der Waals surface area (Å²) in [5, 5.41) is 16.6. The molecule has 0 aromatic heterocycles. The molecule has 0 heterocycles. The predicted molar refractivity (Wildman–Crippen MR) is 48.0 cm³/mol. The number of hydrogen-bond donors (Lipinski definition) is 2. The molecule has 0 aliphatic heterocycles. The van der Waals surface area contributed by atoms with Gasteiger partial charge in [0.1, 0.15) is 0 Å². The van der Waals surface area contributed by atoms with Crippen molar-refractivity contribution in [1.82, 2.24) is 0 Å². The van der Waals surface area contributed by atoms with Crippen molar-refractivity contribution in [1.29, 1.82) is 0 Å². The van der Waals surface area contributed by atoms with E-state index < -0.39 is 17.9 Å². The Labute approximate surface area is 105 Å². The molecule has 6 heteroatoms. The van der Waals surface area contributed by atoms with Gasteiger partial charge in [0, 0.05) is 0 Å². The number of hydrogen-bond acceptors (Lipinski definition) is 2. The van der Waals surface area contributed by atoms with Crippen LogP contribution in [0.3, 0.4) is 0 Å². The van der Waals surface area contributed by atoms with E-state index in [0.717, 1.165) is 0 Å². The fraction of sp³-hybridized carbons (Fsp3) is 0.667. The average molecular weight is 178 g/mol. The van der Waals surface area contributed by atoms with Crippen LogP contribution >= 0.6 is 0 Å². The Bertz CT molecular complexity index is 136. The van der Waals surface area contributed by atoms with E-state index >= 15 is 0 Å². The third-order valence-corrected chi connectivity index (χ3v) is 1.17. The van der Waals surface area contributed by atoms with Crippen molar-refractivity contribution in [3.8, 4) is 0 Å².